The molecule has 1 rings (SSSR count). The molecule has 6 nitrogen and oxygen atoms in total. The minimum Gasteiger partial charge on any atom is -0.434 e. The van der Waals surface area contributed by atoms with Crippen LogP contribution in [0.5, 0.6) is 0 Å². The topological polar surface area (TPSA) is 71.1 Å². The lowest BCUT2D eigenvalue weighted by molar-refractivity contribution is -0.0559. The molecule has 0 N–H and O–H groups in total. The Hall–Kier alpha value is -1.46. The number of unbranched alkanes of at least 4 members (excludes halogenated alkanes) is 2. The quantitative estimate of drug-likeness (QED) is 0.312. The minimum absolute atomic E-state index is 0.279. The van der Waals surface area contributed by atoms with Crippen LogP contribution in [0.3, 0.4) is 0 Å². The van der Waals surface area contributed by atoms with Gasteiger partial charge in [-0.3, -0.25) is 0 Å². The van der Waals surface area contributed by atoms with Gasteiger partial charge in [-0.2, -0.15) is 0 Å². The molecule has 0 bridgehead atoms. The van der Waals surface area contributed by atoms with E-state index in [-0.39, 0.29) is 12.2 Å². The standard InChI is InChI=1S/C22H40O6/c1-6-8-9-12-17(11-7-2)16-25-20(23)26-18-13-10-14-19(15-18)27-21(24)28-22(3,4)5/h17-19H,6-16H2,1-5H3. The van der Waals surface area contributed by atoms with Crippen LogP contribution in [-0.2, 0) is 18.9 Å². The van der Waals surface area contributed by atoms with E-state index in [1.54, 1.807) is 20.8 Å². The van der Waals surface area contributed by atoms with Gasteiger partial charge in [0.05, 0.1) is 6.61 Å². The number of rotatable bonds is 10. The van der Waals surface area contributed by atoms with Crippen LogP contribution in [0.2, 0.25) is 0 Å². The van der Waals surface area contributed by atoms with Crippen molar-refractivity contribution in [2.24, 2.45) is 5.92 Å². The summed E-state index contributed by atoms with van der Waals surface area (Å²) in [5, 5.41) is 0. The fraction of sp³-hybridized carbons (Fsp3) is 0.909. The first kappa shape index (κ1) is 24.6. The summed E-state index contributed by atoms with van der Waals surface area (Å²) in [5.74, 6) is 0.402. The molecule has 0 aromatic carbocycles. The van der Waals surface area contributed by atoms with E-state index in [4.69, 9.17) is 18.9 Å². The Morgan fingerprint density at radius 2 is 1.57 bits per heavy atom. The smallest absolute Gasteiger partial charge is 0.434 e. The zero-order valence-electron chi connectivity index (χ0n) is 18.5. The summed E-state index contributed by atoms with van der Waals surface area (Å²) in [6.45, 7) is 10.1. The molecular formula is C22H40O6. The largest absolute Gasteiger partial charge is 0.509 e. The van der Waals surface area contributed by atoms with Gasteiger partial charge < -0.3 is 18.9 Å². The monoisotopic (exact) mass is 400 g/mol. The lowest BCUT2D eigenvalue weighted by atomic mass is 9.95. The molecule has 3 unspecified atom stereocenters. The first-order valence-corrected chi connectivity index (χ1v) is 11.0. The van der Waals surface area contributed by atoms with E-state index in [0.717, 1.165) is 38.5 Å². The number of carbonyl (C=O) groups excluding carboxylic acids is 2. The SMILES string of the molecule is CCCCCC(CCC)COC(=O)OC1CCCC(OC(=O)OC(C)(C)C)C1. The summed E-state index contributed by atoms with van der Waals surface area (Å²) in [6.07, 6.45) is 7.80. The van der Waals surface area contributed by atoms with E-state index in [0.29, 0.717) is 18.9 Å². The molecule has 0 saturated heterocycles. The summed E-state index contributed by atoms with van der Waals surface area (Å²) < 4.78 is 21.4. The van der Waals surface area contributed by atoms with Gasteiger partial charge in [0.2, 0.25) is 0 Å². The number of hydrogen-bond acceptors (Lipinski definition) is 6. The molecule has 1 aliphatic rings. The average molecular weight is 401 g/mol. The molecule has 3 atom stereocenters. The number of carbonyl (C=O) groups is 2. The highest BCUT2D eigenvalue weighted by molar-refractivity contribution is 5.61. The molecule has 0 aromatic rings. The maximum Gasteiger partial charge on any atom is 0.509 e. The Kier molecular flexibility index (Phi) is 11.3. The second kappa shape index (κ2) is 12.9. The average Bonchev–Trinajstić information content (AvgIpc) is 2.58. The van der Waals surface area contributed by atoms with Crippen LogP contribution in [-0.4, -0.2) is 36.7 Å². The van der Waals surface area contributed by atoms with Crippen LogP contribution in [0.4, 0.5) is 9.59 Å². The van der Waals surface area contributed by atoms with Crippen LogP contribution < -0.4 is 0 Å². The van der Waals surface area contributed by atoms with Gasteiger partial charge in [0, 0.05) is 6.42 Å². The predicted octanol–water partition coefficient (Wildman–Crippen LogP) is 6.40. The van der Waals surface area contributed by atoms with Gasteiger partial charge in [-0.25, -0.2) is 9.59 Å². The second-order valence-electron chi connectivity index (χ2n) is 8.82. The second-order valence-corrected chi connectivity index (χ2v) is 8.82. The lowest BCUT2D eigenvalue weighted by Crippen LogP contribution is -2.34. The van der Waals surface area contributed by atoms with Gasteiger partial charge in [-0.1, -0.05) is 39.5 Å². The normalized spacial score (nSPS) is 20.9. The molecule has 1 fully saturated rings. The van der Waals surface area contributed by atoms with E-state index in [2.05, 4.69) is 13.8 Å². The summed E-state index contributed by atoms with van der Waals surface area (Å²) in [4.78, 5) is 23.9. The zero-order chi connectivity index (χ0) is 21.0. The van der Waals surface area contributed by atoms with E-state index in [9.17, 15) is 9.59 Å². The maximum absolute atomic E-state index is 12.1. The number of ether oxygens (including phenoxy) is 4. The van der Waals surface area contributed by atoms with Crippen molar-refractivity contribution in [3.8, 4) is 0 Å². The highest BCUT2D eigenvalue weighted by Crippen LogP contribution is 2.25. The summed E-state index contributed by atoms with van der Waals surface area (Å²) in [7, 11) is 0. The van der Waals surface area contributed by atoms with Gasteiger partial charge in [-0.05, 0) is 58.8 Å². The van der Waals surface area contributed by atoms with Crippen LogP contribution in [0, 0.1) is 5.92 Å². The highest BCUT2D eigenvalue weighted by atomic mass is 16.7. The number of hydrogen-bond donors (Lipinski definition) is 0. The molecule has 1 saturated carbocycles. The zero-order valence-corrected chi connectivity index (χ0v) is 18.5. The summed E-state index contributed by atoms with van der Waals surface area (Å²) in [5.41, 5.74) is -0.586. The molecule has 0 aliphatic heterocycles. The molecule has 0 spiro atoms. The highest BCUT2D eigenvalue weighted by Gasteiger charge is 2.29. The van der Waals surface area contributed by atoms with Crippen molar-refractivity contribution >= 4 is 12.3 Å². The van der Waals surface area contributed by atoms with E-state index < -0.39 is 17.9 Å². The third kappa shape index (κ3) is 11.4. The van der Waals surface area contributed by atoms with Crippen LogP contribution in [0.1, 0.15) is 98.8 Å². The van der Waals surface area contributed by atoms with Gasteiger partial charge in [0.25, 0.3) is 0 Å². The molecule has 0 radical (unpaired) electrons. The first-order valence-electron chi connectivity index (χ1n) is 11.0. The predicted molar refractivity (Wildman–Crippen MR) is 108 cm³/mol. The molecule has 0 amide bonds. The summed E-state index contributed by atoms with van der Waals surface area (Å²) >= 11 is 0. The molecule has 1 aliphatic carbocycles. The van der Waals surface area contributed by atoms with Crippen molar-refractivity contribution in [2.45, 2.75) is 117 Å². The van der Waals surface area contributed by atoms with Crippen LogP contribution >= 0.6 is 0 Å². The van der Waals surface area contributed by atoms with Crippen LogP contribution in [0.15, 0.2) is 0 Å². The molecular weight excluding hydrogens is 360 g/mol. The first-order chi connectivity index (χ1) is 13.2. The van der Waals surface area contributed by atoms with Gasteiger partial charge >= 0.3 is 12.3 Å². The Labute approximate surface area is 170 Å². The van der Waals surface area contributed by atoms with Gasteiger partial charge in [-0.15, -0.1) is 0 Å². The van der Waals surface area contributed by atoms with Gasteiger partial charge in [0.1, 0.15) is 17.8 Å². The molecule has 6 heteroatoms. The van der Waals surface area contributed by atoms with E-state index >= 15 is 0 Å². The third-order valence-electron chi connectivity index (χ3n) is 4.84. The summed E-state index contributed by atoms with van der Waals surface area (Å²) in [6, 6.07) is 0. The fourth-order valence-electron chi connectivity index (χ4n) is 3.48. The van der Waals surface area contributed by atoms with Crippen molar-refractivity contribution in [1.82, 2.24) is 0 Å². The van der Waals surface area contributed by atoms with Gasteiger partial charge in [0.15, 0.2) is 0 Å². The molecule has 28 heavy (non-hydrogen) atoms. The van der Waals surface area contributed by atoms with E-state index in [1.807, 2.05) is 0 Å². The maximum atomic E-state index is 12.1. The minimum atomic E-state index is -0.671. The van der Waals surface area contributed by atoms with Crippen molar-refractivity contribution in [2.75, 3.05) is 6.61 Å². The van der Waals surface area contributed by atoms with Crippen LogP contribution in [0.25, 0.3) is 0 Å². The van der Waals surface area contributed by atoms with Crippen molar-refractivity contribution in [3.63, 3.8) is 0 Å². The van der Waals surface area contributed by atoms with Crippen molar-refractivity contribution < 1.29 is 28.5 Å². The van der Waals surface area contributed by atoms with Crippen molar-refractivity contribution in [1.29, 1.82) is 0 Å². The fourth-order valence-corrected chi connectivity index (χ4v) is 3.48. The van der Waals surface area contributed by atoms with E-state index in [1.165, 1.54) is 19.3 Å². The molecule has 0 heterocycles. The third-order valence-corrected chi connectivity index (χ3v) is 4.84. The Morgan fingerprint density at radius 3 is 2.14 bits per heavy atom. The molecule has 0 aromatic heterocycles. The Balaban J connectivity index is 2.35. The molecule has 164 valence electrons. The Morgan fingerprint density at radius 1 is 0.929 bits per heavy atom. The lowest BCUT2D eigenvalue weighted by Gasteiger charge is -2.29. The Bertz CT molecular complexity index is 456. The van der Waals surface area contributed by atoms with Crippen molar-refractivity contribution in [3.05, 3.63) is 0 Å².